The van der Waals surface area contributed by atoms with Gasteiger partial charge in [0, 0.05) is 6.42 Å². The van der Waals surface area contributed by atoms with Crippen LogP contribution in [0.15, 0.2) is 0 Å². The Kier molecular flexibility index (Phi) is 27.8. The van der Waals surface area contributed by atoms with Crippen molar-refractivity contribution in [2.24, 2.45) is 11.3 Å². The minimum Gasteiger partial charge on any atom is -0.481 e. The smallest absolute Gasteiger partial charge is 0.309 e. The maximum Gasteiger partial charge on any atom is 0.309 e. The largest absolute Gasteiger partial charge is 0.481 e. The van der Waals surface area contributed by atoms with Gasteiger partial charge in [0.15, 0.2) is 0 Å². The molecule has 0 aliphatic carbocycles. The third-order valence-electron chi connectivity index (χ3n) is 7.16. The summed E-state index contributed by atoms with van der Waals surface area (Å²) in [4.78, 5) is 21.2. The molecule has 0 fully saturated rings. The maximum atomic E-state index is 10.9. The second-order valence-electron chi connectivity index (χ2n) is 12.0. The van der Waals surface area contributed by atoms with Crippen LogP contribution in [-0.4, -0.2) is 22.2 Å². The van der Waals surface area contributed by atoms with E-state index >= 15 is 0 Å². The molecular formula is C32H64O4. The van der Waals surface area contributed by atoms with Gasteiger partial charge in [-0.2, -0.15) is 0 Å². The number of carboxylic acids is 2. The first kappa shape index (κ1) is 37.1. The van der Waals surface area contributed by atoms with E-state index < -0.39 is 17.4 Å². The molecule has 0 saturated heterocycles. The van der Waals surface area contributed by atoms with E-state index in [4.69, 9.17) is 10.2 Å². The molecule has 0 spiro atoms. The first-order valence-electron chi connectivity index (χ1n) is 15.6. The van der Waals surface area contributed by atoms with Gasteiger partial charge in [0.25, 0.3) is 0 Å². The number of carboxylic acid groups (broad SMARTS) is 2. The molecule has 0 unspecified atom stereocenters. The normalized spacial score (nSPS) is 11.4. The Morgan fingerprint density at radius 1 is 0.583 bits per heavy atom. The van der Waals surface area contributed by atoms with E-state index in [0.717, 1.165) is 31.6 Å². The van der Waals surface area contributed by atoms with E-state index in [9.17, 15) is 9.59 Å². The minimum atomic E-state index is -0.668. The molecule has 4 heteroatoms. The Balaban J connectivity index is 0. The average molecular weight is 513 g/mol. The molecule has 0 bridgehead atoms. The highest BCUT2D eigenvalue weighted by Crippen LogP contribution is 2.24. The van der Waals surface area contributed by atoms with Gasteiger partial charge in [0.05, 0.1) is 5.41 Å². The fourth-order valence-electron chi connectivity index (χ4n) is 4.40. The fourth-order valence-corrected chi connectivity index (χ4v) is 4.40. The van der Waals surface area contributed by atoms with Crippen molar-refractivity contribution in [1.82, 2.24) is 0 Å². The van der Waals surface area contributed by atoms with Crippen LogP contribution in [-0.2, 0) is 9.59 Å². The van der Waals surface area contributed by atoms with Gasteiger partial charge in [0.2, 0.25) is 0 Å². The van der Waals surface area contributed by atoms with Crippen LogP contribution in [0.25, 0.3) is 0 Å². The molecule has 2 N–H and O–H groups in total. The molecule has 216 valence electrons. The zero-order chi connectivity index (χ0) is 27.5. The molecule has 0 aromatic heterocycles. The highest BCUT2D eigenvalue weighted by molar-refractivity contribution is 5.73. The van der Waals surface area contributed by atoms with Crippen molar-refractivity contribution in [3.05, 3.63) is 0 Å². The second kappa shape index (κ2) is 27.0. The Bertz CT molecular complexity index is 485. The monoisotopic (exact) mass is 512 g/mol. The fraction of sp³-hybridized carbons (Fsp3) is 0.938. The lowest BCUT2D eigenvalue weighted by molar-refractivity contribution is -0.147. The van der Waals surface area contributed by atoms with Crippen LogP contribution in [0, 0.1) is 11.3 Å². The third-order valence-corrected chi connectivity index (χ3v) is 7.16. The first-order chi connectivity index (χ1) is 17.1. The van der Waals surface area contributed by atoms with Crippen molar-refractivity contribution < 1.29 is 19.8 Å². The highest BCUT2D eigenvalue weighted by Gasteiger charge is 2.25. The van der Waals surface area contributed by atoms with E-state index in [1.54, 1.807) is 0 Å². The molecule has 0 heterocycles. The van der Waals surface area contributed by atoms with E-state index in [0.29, 0.717) is 6.42 Å². The molecule has 0 aromatic carbocycles. The first-order valence-corrected chi connectivity index (χ1v) is 15.6. The minimum absolute atomic E-state index is 0.343. The van der Waals surface area contributed by atoms with Gasteiger partial charge in [-0.1, -0.05) is 149 Å². The summed E-state index contributed by atoms with van der Waals surface area (Å²) < 4.78 is 0. The highest BCUT2D eigenvalue weighted by atomic mass is 16.4. The molecule has 0 atom stereocenters. The van der Waals surface area contributed by atoms with Crippen LogP contribution in [0.1, 0.15) is 182 Å². The van der Waals surface area contributed by atoms with Crippen molar-refractivity contribution in [2.45, 2.75) is 182 Å². The number of aliphatic carboxylic acids is 2. The molecular weight excluding hydrogens is 448 g/mol. The lowest BCUT2D eigenvalue weighted by Gasteiger charge is -2.18. The van der Waals surface area contributed by atoms with Gasteiger partial charge < -0.3 is 10.2 Å². The zero-order valence-corrected chi connectivity index (χ0v) is 25.1. The van der Waals surface area contributed by atoms with Crippen LogP contribution < -0.4 is 0 Å². The third kappa shape index (κ3) is 31.0. The van der Waals surface area contributed by atoms with Gasteiger partial charge in [0.1, 0.15) is 0 Å². The number of rotatable bonds is 25. The van der Waals surface area contributed by atoms with Crippen molar-refractivity contribution in [3.63, 3.8) is 0 Å². The SMILES string of the molecule is CC(C)CCCCCCCCCCCCC(=O)O.CCCCCCCCCCCCC(C)(C)C(=O)O. The summed E-state index contributed by atoms with van der Waals surface area (Å²) in [5, 5.41) is 17.5. The summed E-state index contributed by atoms with van der Waals surface area (Å²) in [5.74, 6) is -0.467. The number of hydrogen-bond acceptors (Lipinski definition) is 2. The van der Waals surface area contributed by atoms with E-state index in [2.05, 4.69) is 20.8 Å². The van der Waals surface area contributed by atoms with Crippen LogP contribution >= 0.6 is 0 Å². The number of unbranched alkanes of at least 4 members (excludes halogenated alkanes) is 18. The Morgan fingerprint density at radius 3 is 1.31 bits per heavy atom. The molecule has 0 saturated carbocycles. The summed E-state index contributed by atoms with van der Waals surface area (Å²) in [6.45, 7) is 10.5. The molecule has 0 rings (SSSR count). The van der Waals surface area contributed by atoms with E-state index in [-0.39, 0.29) is 0 Å². The summed E-state index contributed by atoms with van der Waals surface area (Å²) in [6.07, 6.45) is 28.2. The zero-order valence-electron chi connectivity index (χ0n) is 25.1. The topological polar surface area (TPSA) is 74.6 Å². The van der Waals surface area contributed by atoms with Crippen molar-refractivity contribution >= 4 is 11.9 Å². The average Bonchev–Trinajstić information content (AvgIpc) is 2.81. The van der Waals surface area contributed by atoms with Crippen LogP contribution in [0.4, 0.5) is 0 Å². The molecule has 36 heavy (non-hydrogen) atoms. The summed E-state index contributed by atoms with van der Waals surface area (Å²) in [7, 11) is 0. The molecule has 0 aliphatic heterocycles. The van der Waals surface area contributed by atoms with Crippen LogP contribution in [0.5, 0.6) is 0 Å². The van der Waals surface area contributed by atoms with E-state index in [1.807, 2.05) is 13.8 Å². The number of carbonyl (C=O) groups is 2. The van der Waals surface area contributed by atoms with Crippen molar-refractivity contribution in [2.75, 3.05) is 0 Å². The van der Waals surface area contributed by atoms with Crippen molar-refractivity contribution in [3.8, 4) is 0 Å². The molecule has 0 aliphatic rings. The predicted molar refractivity (Wildman–Crippen MR) is 156 cm³/mol. The molecule has 4 nitrogen and oxygen atoms in total. The van der Waals surface area contributed by atoms with E-state index in [1.165, 1.54) is 116 Å². The Labute approximate surface area is 225 Å². The lowest BCUT2D eigenvalue weighted by atomic mass is 9.87. The quantitative estimate of drug-likeness (QED) is 0.119. The maximum absolute atomic E-state index is 10.9. The second-order valence-corrected chi connectivity index (χ2v) is 12.0. The lowest BCUT2D eigenvalue weighted by Crippen LogP contribution is -2.23. The van der Waals surface area contributed by atoms with Gasteiger partial charge in [-0.15, -0.1) is 0 Å². The molecule has 0 radical (unpaired) electrons. The van der Waals surface area contributed by atoms with Gasteiger partial charge >= 0.3 is 11.9 Å². The van der Waals surface area contributed by atoms with Gasteiger partial charge in [-0.25, -0.2) is 0 Å². The number of hydrogen-bond donors (Lipinski definition) is 2. The Morgan fingerprint density at radius 2 is 0.944 bits per heavy atom. The molecule has 0 aromatic rings. The molecule has 0 amide bonds. The Hall–Kier alpha value is -1.06. The van der Waals surface area contributed by atoms with Crippen LogP contribution in [0.3, 0.4) is 0 Å². The van der Waals surface area contributed by atoms with Gasteiger partial charge in [-0.3, -0.25) is 9.59 Å². The predicted octanol–water partition coefficient (Wildman–Crippen LogP) is 10.8. The summed E-state index contributed by atoms with van der Waals surface area (Å²) in [5.41, 5.74) is -0.542. The summed E-state index contributed by atoms with van der Waals surface area (Å²) >= 11 is 0. The van der Waals surface area contributed by atoms with Gasteiger partial charge in [-0.05, 0) is 32.6 Å². The van der Waals surface area contributed by atoms with Crippen LogP contribution in [0.2, 0.25) is 0 Å². The summed E-state index contributed by atoms with van der Waals surface area (Å²) in [6, 6.07) is 0. The van der Waals surface area contributed by atoms with Crippen molar-refractivity contribution in [1.29, 1.82) is 0 Å². The standard InChI is InChI=1S/2C16H32O2/c1-15(2)13-11-9-7-5-3-4-6-8-10-12-14-16(17)18;1-4-5-6-7-8-9-10-11-12-13-14-16(2,3)15(17)18/h15H,3-14H2,1-2H3,(H,17,18);4-14H2,1-3H3,(H,17,18).